The number of halogens is 1. The van der Waals surface area contributed by atoms with Gasteiger partial charge in [0.25, 0.3) is 0 Å². The lowest BCUT2D eigenvalue weighted by Gasteiger charge is -2.36. The highest BCUT2D eigenvalue weighted by atomic mass is 79.9. The summed E-state index contributed by atoms with van der Waals surface area (Å²) in [6.45, 7) is 7.06. The molecule has 1 fully saturated rings. The molecule has 0 bridgehead atoms. The van der Waals surface area contributed by atoms with E-state index in [9.17, 15) is 0 Å². The van der Waals surface area contributed by atoms with Gasteiger partial charge in [-0.05, 0) is 36.8 Å². The molecule has 0 aliphatic heterocycles. The van der Waals surface area contributed by atoms with Crippen molar-refractivity contribution in [2.75, 3.05) is 0 Å². The van der Waals surface area contributed by atoms with Gasteiger partial charge in [0, 0.05) is 16.6 Å². The van der Waals surface area contributed by atoms with Crippen LogP contribution in [0, 0.1) is 11.8 Å². The maximum Gasteiger partial charge on any atom is 0.0305 e. The van der Waals surface area contributed by atoms with Crippen molar-refractivity contribution in [2.45, 2.75) is 52.1 Å². The smallest absolute Gasteiger partial charge is 0.0305 e. The minimum Gasteiger partial charge on any atom is -0.307 e. The Kier molecular flexibility index (Phi) is 4.85. The summed E-state index contributed by atoms with van der Waals surface area (Å²) in [5.74, 6) is 1.63. The highest BCUT2D eigenvalue weighted by Crippen LogP contribution is 2.32. The molecule has 0 aromatic heterocycles. The third kappa shape index (κ3) is 3.16. The van der Waals surface area contributed by atoms with Gasteiger partial charge in [-0.25, -0.2) is 0 Å². The van der Waals surface area contributed by atoms with E-state index in [0.29, 0.717) is 12.1 Å². The van der Waals surface area contributed by atoms with Crippen LogP contribution in [0.1, 0.15) is 51.6 Å². The van der Waals surface area contributed by atoms with Crippen LogP contribution in [-0.2, 0) is 0 Å². The Morgan fingerprint density at radius 3 is 2.67 bits per heavy atom. The van der Waals surface area contributed by atoms with Gasteiger partial charge in [0.1, 0.15) is 0 Å². The average Bonchev–Trinajstić information content (AvgIpc) is 2.35. The molecule has 1 aromatic rings. The fourth-order valence-corrected chi connectivity index (χ4v) is 3.68. The molecule has 3 unspecified atom stereocenters. The topological polar surface area (TPSA) is 12.0 Å². The molecule has 2 heteroatoms. The molecule has 100 valence electrons. The Balaban J connectivity index is 2.03. The molecule has 18 heavy (non-hydrogen) atoms. The van der Waals surface area contributed by atoms with Gasteiger partial charge in [0.2, 0.25) is 0 Å². The van der Waals surface area contributed by atoms with Crippen LogP contribution in [0.2, 0.25) is 0 Å². The Bertz CT molecular complexity index is 390. The van der Waals surface area contributed by atoms with E-state index >= 15 is 0 Å². The van der Waals surface area contributed by atoms with E-state index in [4.69, 9.17) is 0 Å². The molecule has 1 aliphatic rings. The summed E-state index contributed by atoms with van der Waals surface area (Å²) in [7, 11) is 0. The largest absolute Gasteiger partial charge is 0.307 e. The van der Waals surface area contributed by atoms with Gasteiger partial charge in [-0.3, -0.25) is 0 Å². The SMILES string of the molecule is CC1CCCC(N[C@@H](C)c2ccccc2Br)C1C. The molecule has 1 aromatic carbocycles. The van der Waals surface area contributed by atoms with E-state index < -0.39 is 0 Å². The Hall–Kier alpha value is -0.340. The summed E-state index contributed by atoms with van der Waals surface area (Å²) < 4.78 is 1.21. The zero-order valence-electron chi connectivity index (χ0n) is 11.6. The summed E-state index contributed by atoms with van der Waals surface area (Å²) >= 11 is 3.65. The minimum atomic E-state index is 0.415. The molecular formula is C16H24BrN. The van der Waals surface area contributed by atoms with Crippen molar-refractivity contribution in [1.29, 1.82) is 0 Å². The van der Waals surface area contributed by atoms with Gasteiger partial charge in [0.05, 0.1) is 0 Å². The Morgan fingerprint density at radius 1 is 1.22 bits per heavy atom. The van der Waals surface area contributed by atoms with Crippen molar-refractivity contribution in [3.05, 3.63) is 34.3 Å². The molecule has 0 saturated heterocycles. The van der Waals surface area contributed by atoms with Gasteiger partial charge < -0.3 is 5.32 Å². The summed E-state index contributed by atoms with van der Waals surface area (Å²) in [5, 5.41) is 3.83. The first-order valence-electron chi connectivity index (χ1n) is 7.10. The van der Waals surface area contributed by atoms with Crippen molar-refractivity contribution in [3.63, 3.8) is 0 Å². The lowest BCUT2D eigenvalue weighted by Crippen LogP contribution is -2.41. The summed E-state index contributed by atoms with van der Waals surface area (Å²) in [6.07, 6.45) is 4.08. The van der Waals surface area contributed by atoms with Crippen LogP contribution in [0.4, 0.5) is 0 Å². The van der Waals surface area contributed by atoms with Crippen LogP contribution >= 0.6 is 15.9 Å². The molecule has 1 saturated carbocycles. The van der Waals surface area contributed by atoms with Gasteiger partial charge in [-0.15, -0.1) is 0 Å². The number of nitrogens with one attached hydrogen (secondary N) is 1. The predicted octanol–water partition coefficient (Wildman–Crippen LogP) is 4.92. The lowest BCUT2D eigenvalue weighted by atomic mass is 9.77. The van der Waals surface area contributed by atoms with Crippen molar-refractivity contribution in [3.8, 4) is 0 Å². The second-order valence-electron chi connectivity index (χ2n) is 5.78. The molecular weight excluding hydrogens is 286 g/mol. The Labute approximate surface area is 119 Å². The van der Waals surface area contributed by atoms with Crippen LogP contribution in [0.5, 0.6) is 0 Å². The standard InChI is InChI=1S/C16H24BrN/c1-11-7-6-10-16(12(11)2)18-13(3)14-8-4-5-9-15(14)17/h4-5,8-9,11-13,16,18H,6-7,10H2,1-3H3/t11?,12?,13-,16?/m0/s1. The first-order chi connectivity index (χ1) is 8.59. The molecule has 0 heterocycles. The zero-order chi connectivity index (χ0) is 13.1. The second-order valence-corrected chi connectivity index (χ2v) is 6.64. The third-order valence-corrected chi connectivity index (χ3v) is 5.26. The molecule has 0 amide bonds. The molecule has 1 nitrogen and oxygen atoms in total. The van der Waals surface area contributed by atoms with Crippen LogP contribution in [0.15, 0.2) is 28.7 Å². The second kappa shape index (κ2) is 6.21. The molecule has 0 radical (unpaired) electrons. The van der Waals surface area contributed by atoms with E-state index in [2.05, 4.69) is 66.3 Å². The van der Waals surface area contributed by atoms with E-state index in [0.717, 1.165) is 11.8 Å². The van der Waals surface area contributed by atoms with E-state index in [-0.39, 0.29) is 0 Å². The van der Waals surface area contributed by atoms with Gasteiger partial charge in [-0.1, -0.05) is 60.8 Å². The number of hydrogen-bond acceptors (Lipinski definition) is 1. The van der Waals surface area contributed by atoms with Crippen molar-refractivity contribution < 1.29 is 0 Å². The first-order valence-corrected chi connectivity index (χ1v) is 7.89. The number of hydrogen-bond donors (Lipinski definition) is 1. The first kappa shape index (κ1) is 14.1. The molecule has 2 rings (SSSR count). The maximum absolute atomic E-state index is 3.83. The van der Waals surface area contributed by atoms with Gasteiger partial charge in [0.15, 0.2) is 0 Å². The summed E-state index contributed by atoms with van der Waals surface area (Å²) in [5.41, 5.74) is 1.36. The average molecular weight is 310 g/mol. The molecule has 4 atom stereocenters. The molecule has 0 spiro atoms. The minimum absolute atomic E-state index is 0.415. The van der Waals surface area contributed by atoms with Crippen molar-refractivity contribution in [1.82, 2.24) is 5.32 Å². The highest BCUT2D eigenvalue weighted by molar-refractivity contribution is 9.10. The normalized spacial score (nSPS) is 30.1. The van der Waals surface area contributed by atoms with Crippen molar-refractivity contribution >= 4 is 15.9 Å². The Morgan fingerprint density at radius 2 is 1.94 bits per heavy atom. The van der Waals surface area contributed by atoms with Crippen LogP contribution in [-0.4, -0.2) is 6.04 Å². The van der Waals surface area contributed by atoms with Gasteiger partial charge in [-0.2, -0.15) is 0 Å². The highest BCUT2D eigenvalue weighted by Gasteiger charge is 2.28. The monoisotopic (exact) mass is 309 g/mol. The van der Waals surface area contributed by atoms with E-state index in [1.165, 1.54) is 29.3 Å². The summed E-state index contributed by atoms with van der Waals surface area (Å²) in [6, 6.07) is 9.60. The quantitative estimate of drug-likeness (QED) is 0.835. The van der Waals surface area contributed by atoms with E-state index in [1.807, 2.05) is 0 Å². The fraction of sp³-hybridized carbons (Fsp3) is 0.625. The fourth-order valence-electron chi connectivity index (χ4n) is 3.05. The number of benzene rings is 1. The number of rotatable bonds is 3. The van der Waals surface area contributed by atoms with Crippen LogP contribution < -0.4 is 5.32 Å². The molecule has 1 aliphatic carbocycles. The maximum atomic E-state index is 3.83. The molecule has 1 N–H and O–H groups in total. The zero-order valence-corrected chi connectivity index (χ0v) is 13.2. The van der Waals surface area contributed by atoms with Crippen LogP contribution in [0.3, 0.4) is 0 Å². The van der Waals surface area contributed by atoms with Crippen molar-refractivity contribution in [2.24, 2.45) is 11.8 Å². The predicted molar refractivity (Wildman–Crippen MR) is 81.7 cm³/mol. The third-order valence-electron chi connectivity index (χ3n) is 4.54. The van der Waals surface area contributed by atoms with E-state index in [1.54, 1.807) is 0 Å². The van der Waals surface area contributed by atoms with Gasteiger partial charge >= 0.3 is 0 Å². The lowest BCUT2D eigenvalue weighted by molar-refractivity contribution is 0.196. The van der Waals surface area contributed by atoms with Crippen LogP contribution in [0.25, 0.3) is 0 Å². The summed E-state index contributed by atoms with van der Waals surface area (Å²) in [4.78, 5) is 0.